The van der Waals surface area contributed by atoms with Crippen LogP contribution in [0.1, 0.15) is 33.6 Å². The van der Waals surface area contributed by atoms with Gasteiger partial charge in [0.2, 0.25) is 0 Å². The van der Waals surface area contributed by atoms with E-state index in [1.165, 1.54) is 4.31 Å². The summed E-state index contributed by atoms with van der Waals surface area (Å²) in [6.45, 7) is 7.89. The number of nitrogens with zero attached hydrogens (tertiary/aromatic N) is 1. The highest BCUT2D eigenvalue weighted by molar-refractivity contribution is 7.87. The summed E-state index contributed by atoms with van der Waals surface area (Å²) in [5, 5.41) is 9.03. The number of piperidine rings is 1. The molecule has 0 aliphatic carbocycles. The average molecular weight is 278 g/mol. The molecular weight excluding hydrogens is 252 g/mol. The van der Waals surface area contributed by atoms with Crippen molar-refractivity contribution in [1.29, 1.82) is 0 Å². The van der Waals surface area contributed by atoms with Gasteiger partial charge in [0.15, 0.2) is 0 Å². The first-order valence-corrected chi connectivity index (χ1v) is 8.16. The smallest absolute Gasteiger partial charge is 0.279 e. The van der Waals surface area contributed by atoms with E-state index in [9.17, 15) is 8.42 Å². The van der Waals surface area contributed by atoms with Gasteiger partial charge in [0.1, 0.15) is 0 Å². The van der Waals surface area contributed by atoms with Crippen LogP contribution in [-0.4, -0.2) is 44.1 Å². The van der Waals surface area contributed by atoms with E-state index in [0.717, 1.165) is 12.8 Å². The summed E-state index contributed by atoms with van der Waals surface area (Å²) in [6.07, 6.45) is 1.49. The van der Waals surface area contributed by atoms with Crippen molar-refractivity contribution in [2.45, 2.75) is 33.6 Å². The van der Waals surface area contributed by atoms with E-state index in [4.69, 9.17) is 5.11 Å². The third kappa shape index (κ3) is 4.50. The molecule has 0 radical (unpaired) electrons. The second-order valence-electron chi connectivity index (χ2n) is 5.60. The molecule has 108 valence electrons. The Morgan fingerprint density at radius 3 is 2.28 bits per heavy atom. The highest BCUT2D eigenvalue weighted by Crippen LogP contribution is 2.18. The molecule has 0 amide bonds. The van der Waals surface area contributed by atoms with Crippen molar-refractivity contribution in [1.82, 2.24) is 9.03 Å². The lowest BCUT2D eigenvalue weighted by Gasteiger charge is -2.30. The Balaban J connectivity index is 2.45. The summed E-state index contributed by atoms with van der Waals surface area (Å²) in [6, 6.07) is 0. The van der Waals surface area contributed by atoms with E-state index in [1.807, 2.05) is 6.92 Å². The molecule has 0 saturated carbocycles. The summed E-state index contributed by atoms with van der Waals surface area (Å²) >= 11 is 0. The predicted molar refractivity (Wildman–Crippen MR) is 72.3 cm³/mol. The second-order valence-corrected chi connectivity index (χ2v) is 7.36. The lowest BCUT2D eigenvalue weighted by Crippen LogP contribution is -2.46. The predicted octanol–water partition coefficient (Wildman–Crippen LogP) is 0.817. The maximum absolute atomic E-state index is 12.1. The van der Waals surface area contributed by atoms with Gasteiger partial charge < -0.3 is 5.11 Å². The van der Waals surface area contributed by atoms with Gasteiger partial charge in [0.25, 0.3) is 10.2 Å². The number of nitrogens with one attached hydrogen (secondary N) is 1. The van der Waals surface area contributed by atoms with Crippen LogP contribution in [0.3, 0.4) is 0 Å². The fourth-order valence-corrected chi connectivity index (χ4v) is 3.24. The van der Waals surface area contributed by atoms with Crippen molar-refractivity contribution in [2.24, 2.45) is 17.8 Å². The van der Waals surface area contributed by atoms with Crippen LogP contribution in [0.5, 0.6) is 0 Å². The zero-order valence-corrected chi connectivity index (χ0v) is 12.4. The molecule has 1 unspecified atom stereocenters. The summed E-state index contributed by atoms with van der Waals surface area (Å²) < 4.78 is 28.3. The molecule has 1 aliphatic heterocycles. The SMILES string of the molecule is CC(C)C(C)CNS(=O)(=O)N1CCC(CO)CC1. The van der Waals surface area contributed by atoms with Crippen molar-refractivity contribution in [3.8, 4) is 0 Å². The molecule has 1 saturated heterocycles. The molecule has 2 N–H and O–H groups in total. The minimum absolute atomic E-state index is 0.158. The monoisotopic (exact) mass is 278 g/mol. The summed E-state index contributed by atoms with van der Waals surface area (Å²) in [5.74, 6) is 1.05. The number of hydrogen-bond donors (Lipinski definition) is 2. The maximum Gasteiger partial charge on any atom is 0.279 e. The molecule has 5 nitrogen and oxygen atoms in total. The third-order valence-electron chi connectivity index (χ3n) is 3.90. The molecule has 0 spiro atoms. The highest BCUT2D eigenvalue weighted by atomic mass is 32.2. The highest BCUT2D eigenvalue weighted by Gasteiger charge is 2.27. The van der Waals surface area contributed by atoms with Gasteiger partial charge >= 0.3 is 0 Å². The van der Waals surface area contributed by atoms with Gasteiger partial charge in [-0.2, -0.15) is 12.7 Å². The Morgan fingerprint density at radius 1 is 1.28 bits per heavy atom. The molecular formula is C12H26N2O3S. The Kier molecular flexibility index (Phi) is 6.04. The van der Waals surface area contributed by atoms with Crippen LogP contribution in [0.15, 0.2) is 0 Å². The van der Waals surface area contributed by atoms with E-state index >= 15 is 0 Å². The normalized spacial score (nSPS) is 21.4. The van der Waals surface area contributed by atoms with Crippen molar-refractivity contribution in [3.63, 3.8) is 0 Å². The molecule has 1 aliphatic rings. The van der Waals surface area contributed by atoms with Crippen molar-refractivity contribution < 1.29 is 13.5 Å². The van der Waals surface area contributed by atoms with Crippen LogP contribution in [0.25, 0.3) is 0 Å². The number of aliphatic hydroxyl groups excluding tert-OH is 1. The molecule has 1 atom stereocenters. The Hall–Kier alpha value is -0.170. The minimum Gasteiger partial charge on any atom is -0.396 e. The van der Waals surface area contributed by atoms with E-state index in [1.54, 1.807) is 0 Å². The van der Waals surface area contributed by atoms with Crippen LogP contribution in [0.2, 0.25) is 0 Å². The lowest BCUT2D eigenvalue weighted by atomic mass is 9.99. The van der Waals surface area contributed by atoms with Gasteiger partial charge in [-0.1, -0.05) is 20.8 Å². The van der Waals surface area contributed by atoms with Gasteiger partial charge in [-0.15, -0.1) is 0 Å². The average Bonchev–Trinajstić information content (AvgIpc) is 2.36. The van der Waals surface area contributed by atoms with Crippen LogP contribution < -0.4 is 4.72 Å². The summed E-state index contributed by atoms with van der Waals surface area (Å²) in [7, 11) is -3.34. The zero-order valence-electron chi connectivity index (χ0n) is 11.6. The maximum atomic E-state index is 12.1. The number of aliphatic hydroxyl groups is 1. The number of hydrogen-bond acceptors (Lipinski definition) is 3. The number of rotatable bonds is 6. The van der Waals surface area contributed by atoms with Gasteiger partial charge in [0.05, 0.1) is 0 Å². The topological polar surface area (TPSA) is 69.6 Å². The largest absolute Gasteiger partial charge is 0.396 e. The lowest BCUT2D eigenvalue weighted by molar-refractivity contribution is 0.169. The van der Waals surface area contributed by atoms with Gasteiger partial charge in [0, 0.05) is 26.2 Å². The first kappa shape index (κ1) is 15.9. The van der Waals surface area contributed by atoms with Crippen molar-refractivity contribution >= 4 is 10.2 Å². The van der Waals surface area contributed by atoms with E-state index in [-0.39, 0.29) is 12.5 Å². The van der Waals surface area contributed by atoms with E-state index in [2.05, 4.69) is 18.6 Å². The third-order valence-corrected chi connectivity index (χ3v) is 5.47. The van der Waals surface area contributed by atoms with Gasteiger partial charge in [-0.3, -0.25) is 0 Å². The molecule has 18 heavy (non-hydrogen) atoms. The van der Waals surface area contributed by atoms with Crippen molar-refractivity contribution in [2.75, 3.05) is 26.2 Å². The second kappa shape index (κ2) is 6.84. The molecule has 0 aromatic heterocycles. The van der Waals surface area contributed by atoms with Crippen LogP contribution >= 0.6 is 0 Å². The standard InChI is InChI=1S/C12H26N2O3S/c1-10(2)11(3)8-13-18(16,17)14-6-4-12(9-15)5-7-14/h10-13,15H,4-9H2,1-3H3. The molecule has 1 rings (SSSR count). The first-order chi connectivity index (χ1) is 8.36. The summed E-state index contributed by atoms with van der Waals surface area (Å²) in [5.41, 5.74) is 0. The fourth-order valence-electron chi connectivity index (χ4n) is 1.90. The van der Waals surface area contributed by atoms with E-state index in [0.29, 0.717) is 31.5 Å². The van der Waals surface area contributed by atoms with Crippen LogP contribution in [-0.2, 0) is 10.2 Å². The molecule has 6 heteroatoms. The van der Waals surface area contributed by atoms with Gasteiger partial charge in [-0.25, -0.2) is 4.72 Å². The van der Waals surface area contributed by atoms with Crippen LogP contribution in [0.4, 0.5) is 0 Å². The minimum atomic E-state index is -3.34. The molecule has 1 heterocycles. The van der Waals surface area contributed by atoms with Crippen LogP contribution in [0, 0.1) is 17.8 Å². The molecule has 1 fully saturated rings. The summed E-state index contributed by atoms with van der Waals surface area (Å²) in [4.78, 5) is 0. The Labute approximate surface area is 111 Å². The van der Waals surface area contributed by atoms with Crippen molar-refractivity contribution in [3.05, 3.63) is 0 Å². The van der Waals surface area contributed by atoms with Gasteiger partial charge in [-0.05, 0) is 30.6 Å². The first-order valence-electron chi connectivity index (χ1n) is 6.72. The quantitative estimate of drug-likeness (QED) is 0.755. The van der Waals surface area contributed by atoms with E-state index < -0.39 is 10.2 Å². The Bertz CT molecular complexity index is 335. The molecule has 0 bridgehead atoms. The fraction of sp³-hybridized carbons (Fsp3) is 1.00. The molecule has 0 aromatic rings. The zero-order chi connectivity index (χ0) is 13.8. The molecule has 0 aromatic carbocycles. The Morgan fingerprint density at radius 2 is 1.83 bits per heavy atom.